The van der Waals surface area contributed by atoms with Crippen molar-refractivity contribution < 1.29 is 9.53 Å². The van der Waals surface area contributed by atoms with Crippen LogP contribution in [0.25, 0.3) is 22.2 Å². The Hall–Kier alpha value is -3.46. The minimum Gasteiger partial charge on any atom is -0.423 e. The van der Waals surface area contributed by atoms with E-state index in [2.05, 4.69) is 13.8 Å². The van der Waals surface area contributed by atoms with E-state index in [-0.39, 0.29) is 11.9 Å². The van der Waals surface area contributed by atoms with Gasteiger partial charge >= 0.3 is 5.97 Å². The van der Waals surface area contributed by atoms with Crippen molar-refractivity contribution in [2.45, 2.75) is 26.7 Å². The van der Waals surface area contributed by atoms with Crippen LogP contribution in [0.1, 0.15) is 41.3 Å². The third-order valence-corrected chi connectivity index (χ3v) is 5.00. The molecule has 0 aliphatic carbocycles. The minimum absolute atomic E-state index is 0.257. The Balaban J connectivity index is 1.81. The molecule has 0 bridgehead atoms. The number of ether oxygens (including phenoxy) is 1. The second kappa shape index (κ2) is 7.88. The molecule has 0 aliphatic heterocycles. The first-order chi connectivity index (χ1) is 14.0. The number of rotatable bonds is 4. The molecule has 0 amide bonds. The van der Waals surface area contributed by atoms with Crippen LogP contribution in [0, 0.1) is 6.92 Å². The summed E-state index contributed by atoms with van der Waals surface area (Å²) >= 11 is 0. The van der Waals surface area contributed by atoms with Crippen molar-refractivity contribution in [2.24, 2.45) is 0 Å². The molecule has 4 rings (SSSR count). The van der Waals surface area contributed by atoms with Gasteiger partial charge in [0.05, 0.1) is 16.8 Å². The number of esters is 1. The summed E-state index contributed by atoms with van der Waals surface area (Å²) in [5.41, 5.74) is 5.09. The first-order valence-electron chi connectivity index (χ1n) is 9.81. The number of nitrogens with zero attached hydrogens (tertiary/aromatic N) is 1. The predicted octanol–water partition coefficient (Wildman–Crippen LogP) is 6.55. The zero-order valence-corrected chi connectivity index (χ0v) is 16.8. The summed E-state index contributed by atoms with van der Waals surface area (Å²) in [6.45, 7) is 6.19. The van der Waals surface area contributed by atoms with E-state index in [1.807, 2.05) is 85.8 Å². The van der Waals surface area contributed by atoms with Crippen molar-refractivity contribution >= 4 is 16.9 Å². The molecule has 0 saturated heterocycles. The highest BCUT2D eigenvalue weighted by Gasteiger charge is 2.18. The van der Waals surface area contributed by atoms with Gasteiger partial charge in [0.1, 0.15) is 5.75 Å². The van der Waals surface area contributed by atoms with Crippen molar-refractivity contribution in [3.8, 4) is 17.0 Å². The van der Waals surface area contributed by atoms with E-state index < -0.39 is 0 Å². The van der Waals surface area contributed by atoms with Gasteiger partial charge in [-0.25, -0.2) is 9.78 Å². The van der Waals surface area contributed by atoms with Gasteiger partial charge in [0.25, 0.3) is 0 Å². The Morgan fingerprint density at radius 2 is 1.62 bits per heavy atom. The largest absolute Gasteiger partial charge is 0.423 e. The molecule has 3 heteroatoms. The Morgan fingerprint density at radius 3 is 2.38 bits per heavy atom. The van der Waals surface area contributed by atoms with E-state index in [0.717, 1.165) is 33.3 Å². The molecule has 0 unspecified atom stereocenters. The van der Waals surface area contributed by atoms with Crippen LogP contribution < -0.4 is 4.74 Å². The molecule has 4 aromatic rings. The number of hydrogen-bond donors (Lipinski definition) is 0. The van der Waals surface area contributed by atoms with Crippen LogP contribution in [0.5, 0.6) is 5.75 Å². The van der Waals surface area contributed by atoms with Crippen LogP contribution in [-0.2, 0) is 0 Å². The van der Waals surface area contributed by atoms with Gasteiger partial charge in [0, 0.05) is 10.9 Å². The number of hydrogen-bond acceptors (Lipinski definition) is 3. The molecule has 0 atom stereocenters. The summed E-state index contributed by atoms with van der Waals surface area (Å²) in [7, 11) is 0. The van der Waals surface area contributed by atoms with Crippen LogP contribution in [0.15, 0.2) is 78.9 Å². The molecule has 3 nitrogen and oxygen atoms in total. The summed E-state index contributed by atoms with van der Waals surface area (Å²) in [6.07, 6.45) is 0. The number of carbonyl (C=O) groups excluding carboxylic acids is 1. The first kappa shape index (κ1) is 18.9. The Morgan fingerprint density at radius 1 is 0.897 bits per heavy atom. The average molecular weight is 381 g/mol. The smallest absolute Gasteiger partial charge is 0.344 e. The van der Waals surface area contributed by atoms with Crippen LogP contribution in [0.2, 0.25) is 0 Å². The van der Waals surface area contributed by atoms with Crippen molar-refractivity contribution in [2.75, 3.05) is 0 Å². The van der Waals surface area contributed by atoms with Gasteiger partial charge in [0.2, 0.25) is 0 Å². The third kappa shape index (κ3) is 3.90. The molecule has 1 heterocycles. The zero-order valence-electron chi connectivity index (χ0n) is 16.8. The maximum Gasteiger partial charge on any atom is 0.344 e. The second-order valence-electron chi connectivity index (χ2n) is 7.52. The third-order valence-electron chi connectivity index (χ3n) is 5.00. The van der Waals surface area contributed by atoms with Crippen LogP contribution in [0.4, 0.5) is 0 Å². The Labute approximate surface area is 171 Å². The standard InChI is InChI=1S/C26H23NO2/c1-17(2)20-14-13-18(3)15-25(20)29-26(28)22-16-24(19-9-5-4-6-10-19)27-23-12-8-7-11-21(22)23/h4-17H,1-3H3. The predicted molar refractivity (Wildman–Crippen MR) is 117 cm³/mol. The highest BCUT2D eigenvalue weighted by atomic mass is 16.5. The molecule has 3 aromatic carbocycles. The average Bonchev–Trinajstić information content (AvgIpc) is 2.73. The molecule has 0 aliphatic rings. The number of fused-ring (bicyclic) bond motifs is 1. The van der Waals surface area contributed by atoms with Crippen LogP contribution >= 0.6 is 0 Å². The Bertz CT molecular complexity index is 1180. The highest BCUT2D eigenvalue weighted by molar-refractivity contribution is 6.05. The van der Waals surface area contributed by atoms with Gasteiger partial charge in [-0.2, -0.15) is 0 Å². The summed E-state index contributed by atoms with van der Waals surface area (Å²) in [5.74, 6) is 0.507. The lowest BCUT2D eigenvalue weighted by atomic mass is 10.0. The monoisotopic (exact) mass is 381 g/mol. The summed E-state index contributed by atoms with van der Waals surface area (Å²) in [5, 5.41) is 0.788. The van der Waals surface area contributed by atoms with Gasteiger partial charge in [-0.1, -0.05) is 74.5 Å². The Kier molecular flexibility index (Phi) is 5.13. The number of para-hydroxylation sites is 1. The second-order valence-corrected chi connectivity index (χ2v) is 7.52. The quantitative estimate of drug-likeness (QED) is 0.297. The maximum atomic E-state index is 13.2. The zero-order chi connectivity index (χ0) is 20.4. The van der Waals surface area contributed by atoms with Gasteiger partial charge in [-0.3, -0.25) is 0 Å². The van der Waals surface area contributed by atoms with Crippen molar-refractivity contribution in [3.63, 3.8) is 0 Å². The molecule has 1 aromatic heterocycles. The normalized spacial score (nSPS) is 11.0. The summed E-state index contributed by atoms with van der Waals surface area (Å²) in [6, 6.07) is 25.4. The lowest BCUT2D eigenvalue weighted by Gasteiger charge is -2.15. The molecule has 0 radical (unpaired) electrons. The van der Waals surface area contributed by atoms with E-state index in [9.17, 15) is 4.79 Å². The SMILES string of the molecule is Cc1ccc(C(C)C)c(OC(=O)c2cc(-c3ccccc3)nc3ccccc23)c1. The molecule has 0 spiro atoms. The molecular weight excluding hydrogens is 358 g/mol. The van der Waals surface area contributed by atoms with E-state index in [1.54, 1.807) is 0 Å². The number of pyridine rings is 1. The van der Waals surface area contributed by atoms with E-state index in [4.69, 9.17) is 9.72 Å². The summed E-state index contributed by atoms with van der Waals surface area (Å²) in [4.78, 5) is 18.0. The van der Waals surface area contributed by atoms with Crippen LogP contribution in [-0.4, -0.2) is 11.0 Å². The lowest BCUT2D eigenvalue weighted by molar-refractivity contribution is 0.0735. The van der Waals surface area contributed by atoms with E-state index >= 15 is 0 Å². The molecule has 144 valence electrons. The van der Waals surface area contributed by atoms with Crippen molar-refractivity contribution in [1.82, 2.24) is 4.98 Å². The molecule has 0 N–H and O–H groups in total. The molecule has 0 fully saturated rings. The van der Waals surface area contributed by atoms with Crippen LogP contribution in [0.3, 0.4) is 0 Å². The van der Waals surface area contributed by atoms with Crippen molar-refractivity contribution in [1.29, 1.82) is 0 Å². The minimum atomic E-state index is -0.367. The number of benzene rings is 3. The van der Waals surface area contributed by atoms with Crippen molar-refractivity contribution in [3.05, 3.63) is 95.6 Å². The van der Waals surface area contributed by atoms with Gasteiger partial charge in [-0.15, -0.1) is 0 Å². The van der Waals surface area contributed by atoms with E-state index in [0.29, 0.717) is 11.3 Å². The van der Waals surface area contributed by atoms with E-state index in [1.165, 1.54) is 0 Å². The molecule has 0 saturated carbocycles. The number of carbonyl (C=O) groups is 1. The summed E-state index contributed by atoms with van der Waals surface area (Å²) < 4.78 is 5.91. The fourth-order valence-corrected chi connectivity index (χ4v) is 3.46. The topological polar surface area (TPSA) is 39.2 Å². The fourth-order valence-electron chi connectivity index (χ4n) is 3.46. The number of aryl methyl sites for hydroxylation is 1. The first-order valence-corrected chi connectivity index (χ1v) is 9.81. The highest BCUT2D eigenvalue weighted by Crippen LogP contribution is 2.30. The molecular formula is C26H23NO2. The lowest BCUT2D eigenvalue weighted by Crippen LogP contribution is -2.12. The fraction of sp³-hybridized carbons (Fsp3) is 0.154. The van der Waals surface area contributed by atoms with Gasteiger partial charge in [-0.05, 0) is 42.2 Å². The van der Waals surface area contributed by atoms with Gasteiger partial charge < -0.3 is 4.74 Å². The molecule has 29 heavy (non-hydrogen) atoms. The number of aromatic nitrogens is 1. The maximum absolute atomic E-state index is 13.2. The van der Waals surface area contributed by atoms with Gasteiger partial charge in [0.15, 0.2) is 0 Å².